The molecule has 1 aliphatic heterocycles. The van der Waals surface area contributed by atoms with Gasteiger partial charge in [-0.05, 0) is 29.8 Å². The van der Waals surface area contributed by atoms with Crippen molar-refractivity contribution >= 4 is 11.4 Å². The molecule has 88 valence electrons. The van der Waals surface area contributed by atoms with Gasteiger partial charge < -0.3 is 0 Å². The summed E-state index contributed by atoms with van der Waals surface area (Å²) in [5, 5.41) is 2.02. The molecule has 0 atom stereocenters. The Hall–Kier alpha value is -2.48. The summed E-state index contributed by atoms with van der Waals surface area (Å²) in [7, 11) is 0. The second-order valence-corrected chi connectivity index (χ2v) is 4.11. The lowest BCUT2D eigenvalue weighted by Gasteiger charge is -2.26. The van der Waals surface area contributed by atoms with Crippen molar-refractivity contribution in [2.75, 3.05) is 5.01 Å². The molecule has 0 aromatic heterocycles. The van der Waals surface area contributed by atoms with Crippen LogP contribution in [0.15, 0.2) is 79.0 Å². The van der Waals surface area contributed by atoms with Crippen molar-refractivity contribution in [3.05, 3.63) is 84.6 Å². The van der Waals surface area contributed by atoms with Crippen molar-refractivity contribution in [1.82, 2.24) is 5.43 Å². The molecule has 0 bridgehead atoms. The molecule has 1 aliphatic rings. The van der Waals surface area contributed by atoms with E-state index in [4.69, 9.17) is 0 Å². The molecule has 0 amide bonds. The predicted octanol–water partition coefficient (Wildman–Crippen LogP) is 3.57. The van der Waals surface area contributed by atoms with E-state index in [0.717, 1.165) is 11.4 Å². The van der Waals surface area contributed by atoms with Gasteiger partial charge >= 0.3 is 0 Å². The van der Waals surface area contributed by atoms with Gasteiger partial charge in [0.1, 0.15) is 0 Å². The molecular formula is C16H14N2. The smallest absolute Gasteiger partial charge is 0.0623 e. The number of anilines is 1. The molecule has 3 rings (SSSR count). The Kier molecular flexibility index (Phi) is 2.84. The predicted molar refractivity (Wildman–Crippen MR) is 75.6 cm³/mol. The molecule has 2 nitrogen and oxygen atoms in total. The Labute approximate surface area is 107 Å². The molecule has 2 heteroatoms. The van der Waals surface area contributed by atoms with Crippen LogP contribution in [0.4, 0.5) is 5.69 Å². The molecule has 1 heterocycles. The molecule has 2 aromatic carbocycles. The van der Waals surface area contributed by atoms with Gasteiger partial charge in [0.2, 0.25) is 0 Å². The van der Waals surface area contributed by atoms with Gasteiger partial charge in [-0.15, -0.1) is 0 Å². The van der Waals surface area contributed by atoms with E-state index in [2.05, 4.69) is 35.8 Å². The van der Waals surface area contributed by atoms with Crippen LogP contribution >= 0.6 is 0 Å². The Morgan fingerprint density at radius 2 is 1.44 bits per heavy atom. The SMILES string of the molecule is C1=CN(c2ccccc2)NC(c2ccccc2)=C1. The van der Waals surface area contributed by atoms with Gasteiger partial charge in [0, 0.05) is 6.20 Å². The number of nitrogens with zero attached hydrogens (tertiary/aromatic N) is 1. The molecule has 0 radical (unpaired) electrons. The summed E-state index contributed by atoms with van der Waals surface area (Å²) in [6.07, 6.45) is 6.14. The van der Waals surface area contributed by atoms with Crippen LogP contribution in [-0.4, -0.2) is 0 Å². The van der Waals surface area contributed by atoms with Gasteiger partial charge in [0.05, 0.1) is 11.4 Å². The van der Waals surface area contributed by atoms with E-state index in [9.17, 15) is 0 Å². The minimum absolute atomic E-state index is 1.10. The maximum Gasteiger partial charge on any atom is 0.0623 e. The number of hydrazine groups is 1. The number of benzene rings is 2. The zero-order valence-electron chi connectivity index (χ0n) is 9.95. The Morgan fingerprint density at radius 1 is 0.778 bits per heavy atom. The fourth-order valence-electron chi connectivity index (χ4n) is 1.95. The van der Waals surface area contributed by atoms with Crippen molar-refractivity contribution in [3.63, 3.8) is 0 Å². The van der Waals surface area contributed by atoms with Crippen molar-refractivity contribution in [2.24, 2.45) is 0 Å². The van der Waals surface area contributed by atoms with E-state index < -0.39 is 0 Å². The fourth-order valence-corrected chi connectivity index (χ4v) is 1.95. The zero-order chi connectivity index (χ0) is 12.2. The summed E-state index contributed by atoms with van der Waals surface area (Å²) in [4.78, 5) is 0. The van der Waals surface area contributed by atoms with Gasteiger partial charge in [-0.25, -0.2) is 0 Å². The third-order valence-corrected chi connectivity index (χ3v) is 2.86. The van der Waals surface area contributed by atoms with Crippen molar-refractivity contribution in [3.8, 4) is 0 Å². The van der Waals surface area contributed by atoms with Crippen LogP contribution in [0.2, 0.25) is 0 Å². The second-order valence-electron chi connectivity index (χ2n) is 4.11. The normalized spacial score (nSPS) is 14.0. The Balaban J connectivity index is 1.85. The summed E-state index contributed by atoms with van der Waals surface area (Å²) in [5.41, 5.74) is 6.80. The number of para-hydroxylation sites is 1. The fraction of sp³-hybridized carbons (Fsp3) is 0. The first kappa shape index (κ1) is 10.7. The van der Waals surface area contributed by atoms with E-state index in [1.807, 2.05) is 53.7 Å². The first-order valence-corrected chi connectivity index (χ1v) is 5.98. The Morgan fingerprint density at radius 3 is 2.17 bits per heavy atom. The van der Waals surface area contributed by atoms with E-state index in [0.29, 0.717) is 0 Å². The lowest BCUT2D eigenvalue weighted by molar-refractivity contribution is 0.888. The summed E-state index contributed by atoms with van der Waals surface area (Å²) in [5.74, 6) is 0. The lowest BCUT2D eigenvalue weighted by Crippen LogP contribution is -2.33. The molecule has 0 saturated carbocycles. The highest BCUT2D eigenvalue weighted by atomic mass is 15.5. The lowest BCUT2D eigenvalue weighted by atomic mass is 10.1. The van der Waals surface area contributed by atoms with Gasteiger partial charge in [-0.3, -0.25) is 10.4 Å². The summed E-state index contributed by atoms with van der Waals surface area (Å²) in [6.45, 7) is 0. The van der Waals surface area contributed by atoms with Gasteiger partial charge in [0.15, 0.2) is 0 Å². The van der Waals surface area contributed by atoms with Crippen LogP contribution in [0.5, 0.6) is 0 Å². The second kappa shape index (κ2) is 4.80. The maximum absolute atomic E-state index is 3.39. The van der Waals surface area contributed by atoms with Crippen LogP contribution in [-0.2, 0) is 0 Å². The monoisotopic (exact) mass is 234 g/mol. The molecule has 18 heavy (non-hydrogen) atoms. The summed E-state index contributed by atoms with van der Waals surface area (Å²) >= 11 is 0. The first-order valence-electron chi connectivity index (χ1n) is 5.98. The Bertz CT molecular complexity index is 571. The number of rotatable bonds is 2. The average molecular weight is 234 g/mol. The molecule has 0 aliphatic carbocycles. The topological polar surface area (TPSA) is 15.3 Å². The molecule has 2 aromatic rings. The van der Waals surface area contributed by atoms with E-state index in [-0.39, 0.29) is 0 Å². The van der Waals surface area contributed by atoms with Crippen LogP contribution < -0.4 is 10.4 Å². The largest absolute Gasteiger partial charge is 0.294 e. The van der Waals surface area contributed by atoms with Gasteiger partial charge in [-0.2, -0.15) is 0 Å². The first-order chi connectivity index (χ1) is 8.93. The van der Waals surface area contributed by atoms with Gasteiger partial charge in [0.25, 0.3) is 0 Å². The molecular weight excluding hydrogens is 220 g/mol. The summed E-state index contributed by atoms with van der Waals surface area (Å²) in [6, 6.07) is 20.5. The highest BCUT2D eigenvalue weighted by molar-refractivity contribution is 5.69. The van der Waals surface area contributed by atoms with Crippen molar-refractivity contribution in [2.45, 2.75) is 0 Å². The van der Waals surface area contributed by atoms with Gasteiger partial charge in [-0.1, -0.05) is 48.5 Å². The van der Waals surface area contributed by atoms with Crippen LogP contribution in [0.1, 0.15) is 5.56 Å². The minimum atomic E-state index is 1.10. The summed E-state index contributed by atoms with van der Waals surface area (Å²) < 4.78 is 0. The molecule has 1 N–H and O–H groups in total. The highest BCUT2D eigenvalue weighted by Crippen LogP contribution is 2.19. The van der Waals surface area contributed by atoms with Crippen LogP contribution in [0, 0.1) is 0 Å². The number of allylic oxidation sites excluding steroid dienone is 2. The standard InChI is InChI=1S/C16H14N2/c1-3-8-14(9-4-1)16-12-7-13-18(17-16)15-10-5-2-6-11-15/h1-13,17H. The van der Waals surface area contributed by atoms with Crippen LogP contribution in [0.3, 0.4) is 0 Å². The van der Waals surface area contributed by atoms with Crippen LogP contribution in [0.25, 0.3) is 5.70 Å². The van der Waals surface area contributed by atoms with Crippen molar-refractivity contribution in [1.29, 1.82) is 0 Å². The molecule has 0 spiro atoms. The number of nitrogens with one attached hydrogen (secondary N) is 1. The van der Waals surface area contributed by atoms with Crippen molar-refractivity contribution < 1.29 is 0 Å². The zero-order valence-corrected chi connectivity index (χ0v) is 9.95. The number of hydrogen-bond acceptors (Lipinski definition) is 2. The molecule has 0 unspecified atom stereocenters. The third kappa shape index (κ3) is 2.13. The highest BCUT2D eigenvalue weighted by Gasteiger charge is 2.08. The van der Waals surface area contributed by atoms with E-state index in [1.54, 1.807) is 0 Å². The quantitative estimate of drug-likeness (QED) is 0.854. The maximum atomic E-state index is 3.39. The average Bonchev–Trinajstić information content (AvgIpc) is 2.49. The molecule has 0 fully saturated rings. The third-order valence-electron chi connectivity index (χ3n) is 2.86. The van der Waals surface area contributed by atoms with E-state index >= 15 is 0 Å². The molecule has 0 saturated heterocycles. The van der Waals surface area contributed by atoms with E-state index in [1.165, 1.54) is 5.56 Å². The minimum Gasteiger partial charge on any atom is -0.294 e. The number of hydrogen-bond donors (Lipinski definition) is 1.